The van der Waals surface area contributed by atoms with Crippen LogP contribution in [0.25, 0.3) is 0 Å². The van der Waals surface area contributed by atoms with Crippen molar-refractivity contribution in [2.75, 3.05) is 25.0 Å². The molecule has 1 heterocycles. The number of nitrogens with one attached hydrogen (secondary N) is 2. The number of carbonyl (C=O) groups excluding carboxylic acids is 1. The van der Waals surface area contributed by atoms with Crippen LogP contribution in [0.15, 0.2) is 5.38 Å². The lowest BCUT2D eigenvalue weighted by atomic mass is 9.79. The fraction of sp³-hybridized carbons (Fsp3) is 0.714. The summed E-state index contributed by atoms with van der Waals surface area (Å²) < 4.78 is 0. The van der Waals surface area contributed by atoms with Crippen molar-refractivity contribution in [3.05, 3.63) is 11.1 Å². The first-order valence-electron chi connectivity index (χ1n) is 7.19. The summed E-state index contributed by atoms with van der Waals surface area (Å²) in [5.41, 5.74) is 0.432. The van der Waals surface area contributed by atoms with E-state index in [1.54, 1.807) is 5.38 Å². The molecule has 114 valence electrons. The van der Waals surface area contributed by atoms with Gasteiger partial charge in [-0.25, -0.2) is 4.98 Å². The van der Waals surface area contributed by atoms with E-state index < -0.39 is 0 Å². The van der Waals surface area contributed by atoms with Crippen LogP contribution < -0.4 is 10.6 Å². The number of anilines is 1. The molecule has 0 aliphatic carbocycles. The average Bonchev–Trinajstić information content (AvgIpc) is 2.92. The van der Waals surface area contributed by atoms with Gasteiger partial charge in [0.15, 0.2) is 5.13 Å². The van der Waals surface area contributed by atoms with Gasteiger partial charge in [0.2, 0.25) is 0 Å². The Hall–Kier alpha value is -1.14. The van der Waals surface area contributed by atoms with Gasteiger partial charge >= 0.3 is 0 Å². The molecule has 0 saturated carbocycles. The number of hydrogen-bond donors (Lipinski definition) is 3. The maximum absolute atomic E-state index is 12.1. The van der Waals surface area contributed by atoms with Crippen LogP contribution in [-0.2, 0) is 0 Å². The molecule has 0 unspecified atom stereocenters. The number of amides is 1. The van der Waals surface area contributed by atoms with Crippen molar-refractivity contribution in [3.63, 3.8) is 0 Å². The molecule has 0 aromatic carbocycles. The van der Waals surface area contributed by atoms with E-state index in [0.29, 0.717) is 18.7 Å². The molecule has 0 saturated heterocycles. The van der Waals surface area contributed by atoms with Gasteiger partial charge in [-0.05, 0) is 31.6 Å². The lowest BCUT2D eigenvalue weighted by Crippen LogP contribution is -2.37. The Bertz CT molecular complexity index is 416. The van der Waals surface area contributed by atoms with Gasteiger partial charge in [0, 0.05) is 25.1 Å². The Morgan fingerprint density at radius 2 is 2.10 bits per heavy atom. The molecule has 0 aliphatic heterocycles. The van der Waals surface area contributed by atoms with Crippen LogP contribution >= 0.6 is 11.3 Å². The van der Waals surface area contributed by atoms with E-state index in [0.717, 1.165) is 24.5 Å². The van der Waals surface area contributed by atoms with Crippen LogP contribution in [0, 0.1) is 5.41 Å². The average molecular weight is 299 g/mol. The highest BCUT2D eigenvalue weighted by Crippen LogP contribution is 2.29. The highest BCUT2D eigenvalue weighted by molar-refractivity contribution is 7.13. The molecular formula is C14H25N3O2S. The quantitative estimate of drug-likeness (QED) is 0.655. The number of aliphatic hydroxyl groups excluding tert-OH is 1. The van der Waals surface area contributed by atoms with Crippen LogP contribution in [0.3, 0.4) is 0 Å². The van der Waals surface area contributed by atoms with Crippen LogP contribution in [0.4, 0.5) is 5.13 Å². The summed E-state index contributed by atoms with van der Waals surface area (Å²) in [5, 5.41) is 17.7. The summed E-state index contributed by atoms with van der Waals surface area (Å²) in [6.45, 7) is 7.70. The van der Waals surface area contributed by atoms with Gasteiger partial charge in [0.1, 0.15) is 5.69 Å². The van der Waals surface area contributed by atoms with E-state index in [9.17, 15) is 9.90 Å². The van der Waals surface area contributed by atoms with Gasteiger partial charge in [-0.15, -0.1) is 11.3 Å². The van der Waals surface area contributed by atoms with Crippen molar-refractivity contribution in [2.45, 2.75) is 40.0 Å². The summed E-state index contributed by atoms with van der Waals surface area (Å²) in [5.74, 6) is -0.144. The third-order valence-corrected chi connectivity index (χ3v) is 4.63. The van der Waals surface area contributed by atoms with Gasteiger partial charge in [-0.3, -0.25) is 4.79 Å². The predicted molar refractivity (Wildman–Crippen MR) is 83.3 cm³/mol. The third-order valence-electron chi connectivity index (χ3n) is 3.83. The molecule has 6 heteroatoms. The molecule has 0 spiro atoms. The first-order chi connectivity index (χ1) is 9.60. The Balaban J connectivity index is 2.60. The largest absolute Gasteiger partial charge is 0.396 e. The molecule has 5 nitrogen and oxygen atoms in total. The van der Waals surface area contributed by atoms with Crippen LogP contribution in [0.1, 0.15) is 50.5 Å². The van der Waals surface area contributed by atoms with E-state index >= 15 is 0 Å². The van der Waals surface area contributed by atoms with E-state index in [1.165, 1.54) is 11.3 Å². The standard InChI is InChI=1S/C14H25N3O2S/c1-4-14(5-2,7-8-18)10-16-12(19)11-9-20-13(17-11)15-6-3/h9,18H,4-8,10H2,1-3H3,(H,15,17)(H,16,19). The molecule has 0 aliphatic rings. The molecule has 1 rings (SSSR count). The zero-order chi connectivity index (χ0) is 15.0. The summed E-state index contributed by atoms with van der Waals surface area (Å²) in [7, 11) is 0. The van der Waals surface area contributed by atoms with Crippen molar-refractivity contribution < 1.29 is 9.90 Å². The molecule has 0 atom stereocenters. The second kappa shape index (κ2) is 8.21. The Kier molecular flexibility index (Phi) is 6.95. The second-order valence-electron chi connectivity index (χ2n) is 4.93. The zero-order valence-electron chi connectivity index (χ0n) is 12.5. The topological polar surface area (TPSA) is 74.2 Å². The number of hydrogen-bond acceptors (Lipinski definition) is 5. The number of carbonyl (C=O) groups is 1. The molecule has 1 aromatic rings. The first-order valence-corrected chi connectivity index (χ1v) is 8.07. The minimum atomic E-state index is -0.144. The fourth-order valence-electron chi connectivity index (χ4n) is 2.15. The highest BCUT2D eigenvalue weighted by Gasteiger charge is 2.26. The molecular weight excluding hydrogens is 274 g/mol. The highest BCUT2D eigenvalue weighted by atomic mass is 32.1. The fourth-order valence-corrected chi connectivity index (χ4v) is 2.91. The SMILES string of the molecule is CCNc1nc(C(=O)NCC(CC)(CC)CCO)cs1. The predicted octanol–water partition coefficient (Wildman–Crippen LogP) is 2.49. The summed E-state index contributed by atoms with van der Waals surface area (Å²) >= 11 is 1.43. The third kappa shape index (κ3) is 4.45. The molecule has 1 aromatic heterocycles. The number of nitrogens with zero attached hydrogens (tertiary/aromatic N) is 1. The Labute approximate surface area is 124 Å². The molecule has 0 radical (unpaired) electrons. The van der Waals surface area contributed by atoms with Gasteiger partial charge in [0.25, 0.3) is 5.91 Å². The zero-order valence-corrected chi connectivity index (χ0v) is 13.3. The Morgan fingerprint density at radius 3 is 2.65 bits per heavy atom. The molecule has 20 heavy (non-hydrogen) atoms. The molecule has 3 N–H and O–H groups in total. The van der Waals surface area contributed by atoms with Gasteiger partial charge in [0.05, 0.1) is 0 Å². The monoisotopic (exact) mass is 299 g/mol. The molecule has 1 amide bonds. The lowest BCUT2D eigenvalue weighted by Gasteiger charge is -2.31. The van der Waals surface area contributed by atoms with Crippen molar-refractivity contribution in [1.29, 1.82) is 0 Å². The van der Waals surface area contributed by atoms with Crippen molar-refractivity contribution >= 4 is 22.4 Å². The van der Waals surface area contributed by atoms with Crippen molar-refractivity contribution in [1.82, 2.24) is 10.3 Å². The maximum atomic E-state index is 12.1. The van der Waals surface area contributed by atoms with Crippen LogP contribution in [0.5, 0.6) is 0 Å². The second-order valence-corrected chi connectivity index (χ2v) is 5.79. The lowest BCUT2D eigenvalue weighted by molar-refractivity contribution is 0.0903. The summed E-state index contributed by atoms with van der Waals surface area (Å²) in [6.07, 6.45) is 2.58. The number of thiazole rings is 1. The number of aromatic nitrogens is 1. The minimum absolute atomic E-state index is 0.0229. The van der Waals surface area contributed by atoms with E-state index in [-0.39, 0.29) is 17.9 Å². The minimum Gasteiger partial charge on any atom is -0.396 e. The maximum Gasteiger partial charge on any atom is 0.270 e. The summed E-state index contributed by atoms with van der Waals surface area (Å²) in [6, 6.07) is 0. The number of rotatable bonds is 9. The normalized spacial score (nSPS) is 11.4. The van der Waals surface area contributed by atoms with Crippen LogP contribution in [-0.4, -0.2) is 35.7 Å². The van der Waals surface area contributed by atoms with Gasteiger partial charge in [-0.1, -0.05) is 13.8 Å². The van der Waals surface area contributed by atoms with Crippen LogP contribution in [0.2, 0.25) is 0 Å². The molecule has 0 bridgehead atoms. The van der Waals surface area contributed by atoms with E-state index in [1.807, 2.05) is 6.92 Å². The van der Waals surface area contributed by atoms with Gasteiger partial charge in [-0.2, -0.15) is 0 Å². The summed E-state index contributed by atoms with van der Waals surface area (Å²) in [4.78, 5) is 16.3. The van der Waals surface area contributed by atoms with Gasteiger partial charge < -0.3 is 15.7 Å². The Morgan fingerprint density at radius 1 is 1.40 bits per heavy atom. The first kappa shape index (κ1) is 16.9. The number of aliphatic hydroxyl groups is 1. The van der Waals surface area contributed by atoms with Crippen molar-refractivity contribution in [2.24, 2.45) is 5.41 Å². The van der Waals surface area contributed by atoms with E-state index in [4.69, 9.17) is 0 Å². The smallest absolute Gasteiger partial charge is 0.270 e. The van der Waals surface area contributed by atoms with Crippen molar-refractivity contribution in [3.8, 4) is 0 Å². The van der Waals surface area contributed by atoms with E-state index in [2.05, 4.69) is 29.5 Å². The molecule has 0 fully saturated rings.